The van der Waals surface area contributed by atoms with E-state index in [1.54, 1.807) is 0 Å². The molecular weight excluding hydrogens is 120 g/mol. The van der Waals surface area contributed by atoms with Gasteiger partial charge in [0.05, 0.1) is 0 Å². The molecule has 0 unspecified atom stereocenters. The van der Waals surface area contributed by atoms with E-state index in [1.165, 1.54) is 19.3 Å². The molecule has 0 N–H and O–H groups in total. The fourth-order valence-corrected chi connectivity index (χ4v) is 0.427. The summed E-state index contributed by atoms with van der Waals surface area (Å²) in [5.41, 5.74) is 0. The predicted molar refractivity (Wildman–Crippen MR) is 40.7 cm³/mol. The Morgan fingerprint density at radius 3 is 1.88 bits per heavy atom. The minimum atomic E-state index is 1.10. The van der Waals surface area contributed by atoms with Gasteiger partial charge in [-0.2, -0.15) is 0 Å². The maximum atomic E-state index is 4.39. The van der Waals surface area contributed by atoms with E-state index < -0.39 is 0 Å². The van der Waals surface area contributed by atoms with Gasteiger partial charge in [-0.15, -0.1) is 11.6 Å². The largest absolute Gasteiger partial charge is 0.125 e. The van der Waals surface area contributed by atoms with E-state index in [9.17, 15) is 0 Å². The van der Waals surface area contributed by atoms with Crippen LogP contribution < -0.4 is 0 Å². The van der Waals surface area contributed by atoms with Crippen molar-refractivity contribution in [1.29, 1.82) is 0 Å². The van der Waals surface area contributed by atoms with Gasteiger partial charge in [0.1, 0.15) is 0 Å². The van der Waals surface area contributed by atoms with E-state index in [0.29, 0.717) is 0 Å². The van der Waals surface area contributed by atoms with Crippen molar-refractivity contribution in [2.75, 3.05) is 0 Å². The van der Waals surface area contributed by atoms with Crippen molar-refractivity contribution in [1.82, 2.24) is 0 Å². The summed E-state index contributed by atoms with van der Waals surface area (Å²) in [6, 6.07) is 0. The average molecular weight is 135 g/mol. The van der Waals surface area contributed by atoms with E-state index in [0.717, 1.165) is 6.42 Å². The maximum absolute atomic E-state index is 4.39. The first-order valence-electron chi connectivity index (χ1n) is 2.97. The van der Waals surface area contributed by atoms with Crippen molar-refractivity contribution < 1.29 is 0 Å². The lowest BCUT2D eigenvalue weighted by Crippen LogP contribution is -1.66. The van der Waals surface area contributed by atoms with Crippen LogP contribution in [-0.2, 0) is 0 Å². The highest BCUT2D eigenvalue weighted by molar-refractivity contribution is 6.19. The minimum absolute atomic E-state index is 1.10. The van der Waals surface area contributed by atoms with Crippen molar-refractivity contribution >= 4 is 11.6 Å². The zero-order valence-electron chi connectivity index (χ0n) is 5.62. The molecule has 8 heavy (non-hydrogen) atoms. The van der Waals surface area contributed by atoms with Crippen molar-refractivity contribution in [3.63, 3.8) is 0 Å². The molecule has 0 saturated heterocycles. The van der Waals surface area contributed by atoms with E-state index in [1.807, 2.05) is 0 Å². The minimum Gasteiger partial charge on any atom is -0.125 e. The van der Waals surface area contributed by atoms with E-state index in [-0.39, 0.29) is 0 Å². The van der Waals surface area contributed by atoms with Crippen LogP contribution >= 0.6 is 11.6 Å². The molecule has 0 rings (SSSR count). The Hall–Kier alpha value is 0.290. The average Bonchev–Trinajstić information content (AvgIpc) is 1.88. The molecule has 0 heterocycles. The van der Waals surface area contributed by atoms with Gasteiger partial charge in [-0.1, -0.05) is 39.5 Å². The first kappa shape index (κ1) is 11.1. The Morgan fingerprint density at radius 2 is 1.75 bits per heavy atom. The van der Waals surface area contributed by atoms with Crippen molar-refractivity contribution in [2.45, 2.75) is 32.6 Å². The molecule has 0 aromatic rings. The molecule has 0 fully saturated rings. The van der Waals surface area contributed by atoms with Gasteiger partial charge in [0.25, 0.3) is 0 Å². The third-order valence-corrected chi connectivity index (χ3v) is 0.854. The summed E-state index contributed by atoms with van der Waals surface area (Å²) in [4.78, 5) is 0. The van der Waals surface area contributed by atoms with Crippen LogP contribution in [0.2, 0.25) is 0 Å². The fraction of sp³-hybridized carbons (Fsp3) is 0.714. The molecule has 0 nitrogen and oxygen atoms in total. The molecule has 0 aliphatic carbocycles. The molecule has 0 atom stereocenters. The highest BCUT2D eigenvalue weighted by Crippen LogP contribution is 1.95. The highest BCUT2D eigenvalue weighted by Gasteiger charge is 1.75. The summed E-state index contributed by atoms with van der Waals surface area (Å²) in [6.07, 6.45) is 7.80. The van der Waals surface area contributed by atoms with Crippen LogP contribution in [-0.4, -0.2) is 0 Å². The SMILES string of the molecule is [CH2]CCCCC.[CH2]Cl. The molecule has 0 aliphatic rings. The van der Waals surface area contributed by atoms with Crippen molar-refractivity contribution in [3.05, 3.63) is 13.3 Å². The number of unbranched alkanes of at least 4 members (excludes halogenated alkanes) is 3. The van der Waals surface area contributed by atoms with Gasteiger partial charge in [0.15, 0.2) is 0 Å². The zero-order chi connectivity index (χ0) is 6.83. The van der Waals surface area contributed by atoms with Gasteiger partial charge in [-0.3, -0.25) is 0 Å². The second kappa shape index (κ2) is 15.7. The van der Waals surface area contributed by atoms with Crippen molar-refractivity contribution in [2.24, 2.45) is 0 Å². The van der Waals surface area contributed by atoms with Crippen LogP contribution in [0.25, 0.3) is 0 Å². The molecule has 0 amide bonds. The quantitative estimate of drug-likeness (QED) is 0.519. The van der Waals surface area contributed by atoms with Crippen LogP contribution in [0.15, 0.2) is 0 Å². The molecule has 0 aromatic carbocycles. The Labute approximate surface area is 58.2 Å². The molecule has 1 heteroatoms. The second-order valence-corrected chi connectivity index (χ2v) is 1.56. The van der Waals surface area contributed by atoms with Gasteiger partial charge in [-0.25, -0.2) is 0 Å². The smallest absolute Gasteiger partial charge is 0.0359 e. The molecule has 0 aliphatic heterocycles. The number of hydrogen-bond acceptors (Lipinski definition) is 0. The lowest BCUT2D eigenvalue weighted by atomic mass is 10.2. The molecule has 0 aromatic heterocycles. The van der Waals surface area contributed by atoms with E-state index in [4.69, 9.17) is 0 Å². The fourth-order valence-electron chi connectivity index (χ4n) is 0.427. The first-order valence-corrected chi connectivity index (χ1v) is 3.51. The van der Waals surface area contributed by atoms with Crippen LogP contribution in [0.1, 0.15) is 32.6 Å². The first-order chi connectivity index (χ1) is 3.91. The van der Waals surface area contributed by atoms with Crippen molar-refractivity contribution in [3.8, 4) is 0 Å². The summed E-state index contributed by atoms with van der Waals surface area (Å²) < 4.78 is 0. The summed E-state index contributed by atoms with van der Waals surface area (Å²) in [7, 11) is 0. The number of hydrogen-bond donors (Lipinski definition) is 0. The third-order valence-electron chi connectivity index (χ3n) is 0.854. The van der Waals surface area contributed by atoms with Crippen LogP contribution in [0.4, 0.5) is 0 Å². The molecule has 0 saturated carbocycles. The maximum Gasteiger partial charge on any atom is 0.0359 e. The summed E-state index contributed by atoms with van der Waals surface area (Å²) in [5, 5.41) is 0. The normalized spacial score (nSPS) is 7.50. The van der Waals surface area contributed by atoms with Gasteiger partial charge >= 0.3 is 0 Å². The number of halogens is 1. The summed E-state index contributed by atoms with van der Waals surface area (Å²) in [6.45, 7) is 5.93. The molecule has 2 radical (unpaired) electrons. The third kappa shape index (κ3) is 16.3. The lowest BCUT2D eigenvalue weighted by Gasteiger charge is -1.86. The molecular formula is C7H15Cl. The molecule has 0 bridgehead atoms. The van der Waals surface area contributed by atoms with Gasteiger partial charge < -0.3 is 0 Å². The van der Waals surface area contributed by atoms with Crippen LogP contribution in [0.5, 0.6) is 0 Å². The van der Waals surface area contributed by atoms with Gasteiger partial charge in [0, 0.05) is 6.38 Å². The number of rotatable bonds is 3. The highest BCUT2D eigenvalue weighted by atomic mass is 35.5. The van der Waals surface area contributed by atoms with Crippen LogP contribution in [0, 0.1) is 13.3 Å². The Balaban J connectivity index is 0. The van der Waals surface area contributed by atoms with E-state index in [2.05, 4.69) is 31.8 Å². The zero-order valence-corrected chi connectivity index (χ0v) is 6.38. The monoisotopic (exact) mass is 134 g/mol. The molecule has 0 spiro atoms. The Kier molecular flexibility index (Phi) is 21.8. The van der Waals surface area contributed by atoms with E-state index >= 15 is 0 Å². The standard InChI is InChI=1S/C6H13.CH2Cl/c1-3-5-6-4-2;1-2/h1,3-6H2,2H3;1H2. The summed E-state index contributed by atoms with van der Waals surface area (Å²) in [5.74, 6) is 0. The predicted octanol–water partition coefficient (Wildman–Crippen LogP) is 3.42. The van der Waals surface area contributed by atoms with Crippen LogP contribution in [0.3, 0.4) is 0 Å². The lowest BCUT2D eigenvalue weighted by molar-refractivity contribution is 0.728. The topological polar surface area (TPSA) is 0 Å². The van der Waals surface area contributed by atoms with Gasteiger partial charge in [0.2, 0.25) is 0 Å². The Morgan fingerprint density at radius 1 is 1.25 bits per heavy atom. The van der Waals surface area contributed by atoms with Gasteiger partial charge in [-0.05, 0) is 0 Å². The second-order valence-electron chi connectivity index (χ2n) is 1.56. The Bertz CT molecular complexity index is 16.3. The molecule has 50 valence electrons. The summed E-state index contributed by atoms with van der Waals surface area (Å²) >= 11 is 4.39.